The number of hydrogen-bond donors (Lipinski definition) is 2. The summed E-state index contributed by atoms with van der Waals surface area (Å²) in [6, 6.07) is 3.77. The van der Waals surface area contributed by atoms with Gasteiger partial charge in [0.15, 0.2) is 0 Å². The van der Waals surface area contributed by atoms with Crippen molar-refractivity contribution in [1.29, 1.82) is 0 Å². The van der Waals surface area contributed by atoms with Crippen molar-refractivity contribution >= 4 is 0 Å². The molecule has 0 saturated carbocycles. The average molecular weight is 196 g/mol. The summed E-state index contributed by atoms with van der Waals surface area (Å²) in [4.78, 5) is 4.35. The van der Waals surface area contributed by atoms with E-state index < -0.39 is 0 Å². The van der Waals surface area contributed by atoms with Gasteiger partial charge in [0.25, 0.3) is 0 Å². The van der Waals surface area contributed by atoms with Crippen LogP contribution in [0.25, 0.3) is 0 Å². The molecule has 0 unspecified atom stereocenters. The fourth-order valence-corrected chi connectivity index (χ4v) is 1.18. The van der Waals surface area contributed by atoms with E-state index in [4.69, 9.17) is 9.84 Å². The minimum atomic E-state index is 0.0207. The SMILES string of the molecule is CNCc1nc(C)ccc1OCCO. The molecule has 4 heteroatoms. The number of aryl methyl sites for hydroxylation is 1. The number of rotatable bonds is 5. The molecule has 0 aliphatic carbocycles. The molecular formula is C10H16N2O2. The van der Waals surface area contributed by atoms with Gasteiger partial charge in [-0.2, -0.15) is 0 Å². The number of aromatic nitrogens is 1. The highest BCUT2D eigenvalue weighted by atomic mass is 16.5. The van der Waals surface area contributed by atoms with E-state index in [1.807, 2.05) is 26.1 Å². The van der Waals surface area contributed by atoms with E-state index in [1.165, 1.54) is 0 Å². The Hall–Kier alpha value is -1.13. The number of aliphatic hydroxyl groups excluding tert-OH is 1. The molecule has 0 aromatic carbocycles. The van der Waals surface area contributed by atoms with Crippen LogP contribution < -0.4 is 10.1 Å². The van der Waals surface area contributed by atoms with Crippen molar-refractivity contribution in [3.05, 3.63) is 23.5 Å². The van der Waals surface area contributed by atoms with Crippen molar-refractivity contribution in [2.75, 3.05) is 20.3 Å². The van der Waals surface area contributed by atoms with Gasteiger partial charge in [-0.1, -0.05) is 0 Å². The molecule has 14 heavy (non-hydrogen) atoms. The number of ether oxygens (including phenoxy) is 1. The Balaban J connectivity index is 2.78. The van der Waals surface area contributed by atoms with E-state index in [0.717, 1.165) is 17.1 Å². The van der Waals surface area contributed by atoms with Crippen LogP contribution in [-0.4, -0.2) is 30.4 Å². The number of hydrogen-bond acceptors (Lipinski definition) is 4. The summed E-state index contributed by atoms with van der Waals surface area (Å²) in [6.07, 6.45) is 0. The topological polar surface area (TPSA) is 54.4 Å². The summed E-state index contributed by atoms with van der Waals surface area (Å²) >= 11 is 0. The molecule has 0 bridgehead atoms. The first kappa shape index (κ1) is 10.9. The summed E-state index contributed by atoms with van der Waals surface area (Å²) in [7, 11) is 1.86. The molecule has 4 nitrogen and oxygen atoms in total. The molecule has 1 aromatic rings. The highest BCUT2D eigenvalue weighted by Crippen LogP contribution is 2.16. The molecule has 78 valence electrons. The van der Waals surface area contributed by atoms with Crippen molar-refractivity contribution in [2.24, 2.45) is 0 Å². The zero-order valence-electron chi connectivity index (χ0n) is 8.58. The van der Waals surface area contributed by atoms with Crippen LogP contribution in [0.15, 0.2) is 12.1 Å². The van der Waals surface area contributed by atoms with Crippen molar-refractivity contribution in [2.45, 2.75) is 13.5 Å². The molecule has 0 radical (unpaired) electrons. The van der Waals surface area contributed by atoms with Crippen molar-refractivity contribution in [3.8, 4) is 5.75 Å². The van der Waals surface area contributed by atoms with Gasteiger partial charge in [0.1, 0.15) is 12.4 Å². The third kappa shape index (κ3) is 2.97. The monoisotopic (exact) mass is 196 g/mol. The minimum Gasteiger partial charge on any atom is -0.489 e. The van der Waals surface area contributed by atoms with Crippen LogP contribution in [0.5, 0.6) is 5.75 Å². The maximum Gasteiger partial charge on any atom is 0.142 e. The molecule has 0 aliphatic heterocycles. The molecule has 0 spiro atoms. The Morgan fingerprint density at radius 2 is 2.29 bits per heavy atom. The number of nitrogens with zero attached hydrogens (tertiary/aromatic N) is 1. The molecule has 0 saturated heterocycles. The lowest BCUT2D eigenvalue weighted by Crippen LogP contribution is -2.11. The van der Waals surface area contributed by atoms with Gasteiger partial charge < -0.3 is 15.2 Å². The summed E-state index contributed by atoms with van der Waals surface area (Å²) < 4.78 is 5.34. The van der Waals surface area contributed by atoms with E-state index in [2.05, 4.69) is 10.3 Å². The molecule has 1 rings (SSSR count). The molecule has 2 N–H and O–H groups in total. The molecular weight excluding hydrogens is 180 g/mol. The Bertz CT molecular complexity index is 289. The van der Waals surface area contributed by atoms with Crippen molar-refractivity contribution in [1.82, 2.24) is 10.3 Å². The fraction of sp³-hybridized carbons (Fsp3) is 0.500. The maximum atomic E-state index is 8.64. The molecule has 0 amide bonds. The second-order valence-electron chi connectivity index (χ2n) is 3.00. The summed E-state index contributed by atoms with van der Waals surface area (Å²) in [5.41, 5.74) is 1.84. The predicted octanol–water partition coefficient (Wildman–Crippen LogP) is 0.481. The van der Waals surface area contributed by atoms with Crippen LogP contribution in [0.3, 0.4) is 0 Å². The van der Waals surface area contributed by atoms with Crippen LogP contribution >= 0.6 is 0 Å². The van der Waals surface area contributed by atoms with Crippen molar-refractivity contribution < 1.29 is 9.84 Å². The van der Waals surface area contributed by atoms with Crippen LogP contribution in [0, 0.1) is 6.92 Å². The number of nitrogens with one attached hydrogen (secondary N) is 1. The van der Waals surface area contributed by atoms with Gasteiger partial charge in [-0.05, 0) is 26.1 Å². The molecule has 1 aromatic heterocycles. The lowest BCUT2D eigenvalue weighted by Gasteiger charge is -2.09. The first-order valence-electron chi connectivity index (χ1n) is 4.62. The number of aliphatic hydroxyl groups is 1. The summed E-state index contributed by atoms with van der Waals surface area (Å²) in [5, 5.41) is 11.7. The largest absolute Gasteiger partial charge is 0.489 e. The Labute approximate surface area is 83.9 Å². The first-order chi connectivity index (χ1) is 6.77. The third-order valence-electron chi connectivity index (χ3n) is 1.76. The van der Waals surface area contributed by atoms with Gasteiger partial charge in [0, 0.05) is 12.2 Å². The molecule has 0 atom stereocenters. The normalized spacial score (nSPS) is 10.2. The van der Waals surface area contributed by atoms with E-state index >= 15 is 0 Å². The highest BCUT2D eigenvalue weighted by Gasteiger charge is 2.04. The van der Waals surface area contributed by atoms with Gasteiger partial charge in [0.05, 0.1) is 12.3 Å². The zero-order valence-corrected chi connectivity index (χ0v) is 8.58. The second kappa shape index (κ2) is 5.57. The fourth-order valence-electron chi connectivity index (χ4n) is 1.18. The minimum absolute atomic E-state index is 0.0207. The van der Waals surface area contributed by atoms with E-state index in [-0.39, 0.29) is 6.61 Å². The lowest BCUT2D eigenvalue weighted by atomic mass is 10.3. The van der Waals surface area contributed by atoms with Gasteiger partial charge >= 0.3 is 0 Å². The standard InChI is InChI=1S/C10H16N2O2/c1-8-3-4-10(14-6-5-13)9(12-8)7-11-2/h3-4,11,13H,5-7H2,1-2H3. The highest BCUT2D eigenvalue weighted by molar-refractivity contribution is 5.29. The van der Waals surface area contributed by atoms with Gasteiger partial charge in [-0.3, -0.25) is 4.98 Å². The van der Waals surface area contributed by atoms with Crippen LogP contribution in [0.4, 0.5) is 0 Å². The van der Waals surface area contributed by atoms with E-state index in [9.17, 15) is 0 Å². The maximum absolute atomic E-state index is 8.64. The molecule has 1 heterocycles. The van der Waals surface area contributed by atoms with Gasteiger partial charge in [-0.25, -0.2) is 0 Å². The Morgan fingerprint density at radius 1 is 1.50 bits per heavy atom. The molecule has 0 fully saturated rings. The average Bonchev–Trinajstić information content (AvgIpc) is 2.17. The molecule has 0 aliphatic rings. The van der Waals surface area contributed by atoms with E-state index in [1.54, 1.807) is 0 Å². The van der Waals surface area contributed by atoms with Crippen LogP contribution in [-0.2, 0) is 6.54 Å². The Morgan fingerprint density at radius 3 is 2.93 bits per heavy atom. The third-order valence-corrected chi connectivity index (χ3v) is 1.76. The van der Waals surface area contributed by atoms with Crippen molar-refractivity contribution in [3.63, 3.8) is 0 Å². The Kier molecular flexibility index (Phi) is 4.35. The van der Waals surface area contributed by atoms with E-state index in [0.29, 0.717) is 13.2 Å². The van der Waals surface area contributed by atoms with Gasteiger partial charge in [0.2, 0.25) is 0 Å². The quantitative estimate of drug-likeness (QED) is 0.719. The smallest absolute Gasteiger partial charge is 0.142 e. The first-order valence-corrected chi connectivity index (χ1v) is 4.62. The van der Waals surface area contributed by atoms with Crippen LogP contribution in [0.1, 0.15) is 11.4 Å². The predicted molar refractivity (Wildman–Crippen MR) is 54.3 cm³/mol. The van der Waals surface area contributed by atoms with Crippen LogP contribution in [0.2, 0.25) is 0 Å². The number of pyridine rings is 1. The summed E-state index contributed by atoms with van der Waals surface area (Å²) in [5.74, 6) is 0.735. The second-order valence-corrected chi connectivity index (χ2v) is 3.00. The lowest BCUT2D eigenvalue weighted by molar-refractivity contribution is 0.199. The van der Waals surface area contributed by atoms with Gasteiger partial charge in [-0.15, -0.1) is 0 Å². The summed E-state index contributed by atoms with van der Waals surface area (Å²) in [6.45, 7) is 2.94. The zero-order chi connectivity index (χ0) is 10.4.